The number of nitrogens with one attached hydrogen (secondary N) is 1. The molecule has 0 spiro atoms. The first kappa shape index (κ1) is 17.7. The molecule has 0 saturated heterocycles. The summed E-state index contributed by atoms with van der Waals surface area (Å²) in [5.74, 6) is 4.60. The summed E-state index contributed by atoms with van der Waals surface area (Å²) in [5.41, 5.74) is 0. The van der Waals surface area contributed by atoms with E-state index in [1.807, 2.05) is 13.8 Å². The summed E-state index contributed by atoms with van der Waals surface area (Å²) >= 11 is 1.25. The summed E-state index contributed by atoms with van der Waals surface area (Å²) in [6.45, 7) is 6.59. The van der Waals surface area contributed by atoms with E-state index in [2.05, 4.69) is 17.2 Å². The number of amides is 1. The molecule has 0 bridgehead atoms. The van der Waals surface area contributed by atoms with Crippen LogP contribution in [-0.2, 0) is 21.2 Å². The number of sulfonamides is 1. The van der Waals surface area contributed by atoms with E-state index < -0.39 is 10.0 Å². The Bertz CT molecular complexity index is 635. The summed E-state index contributed by atoms with van der Waals surface area (Å²) < 4.78 is 26.4. The minimum Gasteiger partial charge on any atom is -0.345 e. The first-order chi connectivity index (χ1) is 9.95. The summed E-state index contributed by atoms with van der Waals surface area (Å²) in [5, 5.41) is 2.66. The van der Waals surface area contributed by atoms with Crippen LogP contribution in [0, 0.1) is 11.8 Å². The van der Waals surface area contributed by atoms with Crippen LogP contribution in [0.2, 0.25) is 0 Å². The maximum absolute atomic E-state index is 12.3. The largest absolute Gasteiger partial charge is 0.345 e. The normalized spacial score (nSPS) is 11.0. The number of nitrogens with zero attached hydrogens (tertiary/aromatic N) is 1. The molecule has 0 saturated carbocycles. The van der Waals surface area contributed by atoms with Crippen LogP contribution in [0.5, 0.6) is 0 Å². The first-order valence-corrected chi connectivity index (χ1v) is 9.00. The van der Waals surface area contributed by atoms with Gasteiger partial charge in [0.25, 0.3) is 15.9 Å². The highest BCUT2D eigenvalue weighted by Gasteiger charge is 2.23. The average Bonchev–Trinajstić information content (AvgIpc) is 2.89. The van der Waals surface area contributed by atoms with Gasteiger partial charge in [-0.25, -0.2) is 8.42 Å². The quantitative estimate of drug-likeness (QED) is 0.771. The van der Waals surface area contributed by atoms with Crippen molar-refractivity contribution >= 4 is 27.3 Å². The Balaban J connectivity index is 2.68. The Morgan fingerprint density at radius 1 is 1.33 bits per heavy atom. The molecular weight excluding hydrogens is 308 g/mol. The van der Waals surface area contributed by atoms with Crippen molar-refractivity contribution in [2.24, 2.45) is 0 Å². The summed E-state index contributed by atoms with van der Waals surface area (Å²) in [6, 6.07) is 3.42. The highest BCUT2D eigenvalue weighted by molar-refractivity contribution is 7.91. The van der Waals surface area contributed by atoms with Crippen molar-refractivity contribution in [3.05, 3.63) is 17.0 Å². The van der Waals surface area contributed by atoms with Crippen molar-refractivity contribution < 1.29 is 13.2 Å². The molecular formula is C14H20N2O3S2. The SMILES string of the molecule is CC#CC(=O)NCCc1ccc(S(=O)(=O)N(CC)CC)s1. The second kappa shape index (κ2) is 8.17. The molecule has 0 aliphatic rings. The van der Waals surface area contributed by atoms with Crippen molar-refractivity contribution in [1.82, 2.24) is 9.62 Å². The van der Waals surface area contributed by atoms with Crippen LogP contribution in [0.25, 0.3) is 0 Å². The molecule has 0 unspecified atom stereocenters. The van der Waals surface area contributed by atoms with E-state index in [1.165, 1.54) is 15.6 Å². The van der Waals surface area contributed by atoms with Crippen molar-refractivity contribution in [3.63, 3.8) is 0 Å². The predicted molar refractivity (Wildman–Crippen MR) is 84.6 cm³/mol. The van der Waals surface area contributed by atoms with Gasteiger partial charge in [-0.05, 0) is 31.4 Å². The van der Waals surface area contributed by atoms with Crippen molar-refractivity contribution in [1.29, 1.82) is 0 Å². The maximum Gasteiger partial charge on any atom is 0.295 e. The third-order valence-corrected chi connectivity index (χ3v) is 6.49. The lowest BCUT2D eigenvalue weighted by Crippen LogP contribution is -2.29. The standard InChI is InChI=1S/C14H20N2O3S2/c1-4-7-13(17)15-11-10-12-8-9-14(20-12)21(18,19)16(5-2)6-3/h8-9H,5-6,10-11H2,1-3H3,(H,15,17). The van der Waals surface area contributed by atoms with Gasteiger partial charge in [-0.3, -0.25) is 4.79 Å². The molecule has 1 heterocycles. The molecule has 116 valence electrons. The summed E-state index contributed by atoms with van der Waals surface area (Å²) in [4.78, 5) is 12.1. The van der Waals surface area contributed by atoms with Gasteiger partial charge in [0.1, 0.15) is 4.21 Å². The Kier molecular flexibility index (Phi) is 6.89. The molecule has 21 heavy (non-hydrogen) atoms. The van der Waals surface area contributed by atoms with Crippen LogP contribution in [0.15, 0.2) is 16.3 Å². The van der Waals surface area contributed by atoms with E-state index in [0.29, 0.717) is 30.3 Å². The number of hydrogen-bond acceptors (Lipinski definition) is 4. The maximum atomic E-state index is 12.3. The first-order valence-electron chi connectivity index (χ1n) is 6.75. The molecule has 1 amide bonds. The lowest BCUT2D eigenvalue weighted by Gasteiger charge is -2.16. The van der Waals surface area contributed by atoms with Crippen LogP contribution >= 0.6 is 11.3 Å². The van der Waals surface area contributed by atoms with Crippen molar-refractivity contribution in [2.75, 3.05) is 19.6 Å². The highest BCUT2D eigenvalue weighted by atomic mass is 32.2. The fourth-order valence-corrected chi connectivity index (χ4v) is 4.75. The molecule has 1 aromatic rings. The smallest absolute Gasteiger partial charge is 0.295 e. The van der Waals surface area contributed by atoms with Gasteiger partial charge in [-0.1, -0.05) is 19.8 Å². The summed E-state index contributed by atoms with van der Waals surface area (Å²) in [7, 11) is -3.39. The second-order valence-electron chi connectivity index (χ2n) is 4.19. The number of hydrogen-bond donors (Lipinski definition) is 1. The second-order valence-corrected chi connectivity index (χ2v) is 7.52. The predicted octanol–water partition coefficient (Wildman–Crippen LogP) is 1.46. The van der Waals surface area contributed by atoms with Gasteiger partial charge in [0, 0.05) is 24.5 Å². The lowest BCUT2D eigenvalue weighted by molar-refractivity contribution is -0.115. The minimum atomic E-state index is -3.39. The van der Waals surface area contributed by atoms with Gasteiger partial charge < -0.3 is 5.32 Å². The number of carbonyl (C=O) groups is 1. The molecule has 1 aromatic heterocycles. The van der Waals surface area contributed by atoms with Gasteiger partial charge >= 0.3 is 0 Å². The van der Waals surface area contributed by atoms with Crippen LogP contribution in [0.3, 0.4) is 0 Å². The third kappa shape index (κ3) is 4.84. The van der Waals surface area contributed by atoms with Gasteiger partial charge in [-0.2, -0.15) is 4.31 Å². The van der Waals surface area contributed by atoms with E-state index in [4.69, 9.17) is 0 Å². The molecule has 0 aliphatic heterocycles. The molecule has 1 N–H and O–H groups in total. The van der Waals surface area contributed by atoms with E-state index in [-0.39, 0.29) is 5.91 Å². The molecule has 0 radical (unpaired) electrons. The zero-order valence-electron chi connectivity index (χ0n) is 12.5. The molecule has 5 nitrogen and oxygen atoms in total. The lowest BCUT2D eigenvalue weighted by atomic mass is 10.3. The van der Waals surface area contributed by atoms with Crippen molar-refractivity contribution in [3.8, 4) is 11.8 Å². The molecule has 1 rings (SSSR count). The number of rotatable bonds is 7. The zero-order chi connectivity index (χ0) is 15.9. The molecule has 0 atom stereocenters. The highest BCUT2D eigenvalue weighted by Crippen LogP contribution is 2.25. The Labute approximate surface area is 130 Å². The number of carbonyl (C=O) groups excluding carboxylic acids is 1. The van der Waals surface area contributed by atoms with Gasteiger partial charge in [-0.15, -0.1) is 11.3 Å². The molecule has 0 aliphatic carbocycles. The zero-order valence-corrected chi connectivity index (χ0v) is 14.1. The van der Waals surface area contributed by atoms with Crippen LogP contribution in [-0.4, -0.2) is 38.3 Å². The van der Waals surface area contributed by atoms with E-state index >= 15 is 0 Å². The molecule has 0 fully saturated rings. The van der Waals surface area contributed by atoms with Gasteiger partial charge in [0.15, 0.2) is 0 Å². The van der Waals surface area contributed by atoms with Gasteiger partial charge in [0.2, 0.25) is 0 Å². The fourth-order valence-electron chi connectivity index (χ4n) is 1.78. The third-order valence-electron chi connectivity index (χ3n) is 2.83. The Morgan fingerprint density at radius 2 is 2.00 bits per heavy atom. The van der Waals surface area contributed by atoms with Crippen LogP contribution < -0.4 is 5.32 Å². The fraction of sp³-hybridized carbons (Fsp3) is 0.500. The average molecular weight is 328 g/mol. The van der Waals surface area contributed by atoms with Gasteiger partial charge in [0.05, 0.1) is 0 Å². The van der Waals surface area contributed by atoms with E-state index in [0.717, 1.165) is 4.88 Å². The Morgan fingerprint density at radius 3 is 2.57 bits per heavy atom. The Hall–Kier alpha value is -1.36. The van der Waals surface area contributed by atoms with Crippen LogP contribution in [0.1, 0.15) is 25.6 Å². The molecule has 0 aromatic carbocycles. The summed E-state index contributed by atoms with van der Waals surface area (Å²) in [6.07, 6.45) is 0.593. The van der Waals surface area contributed by atoms with Crippen molar-refractivity contribution in [2.45, 2.75) is 31.4 Å². The van der Waals surface area contributed by atoms with E-state index in [1.54, 1.807) is 19.1 Å². The van der Waals surface area contributed by atoms with E-state index in [9.17, 15) is 13.2 Å². The minimum absolute atomic E-state index is 0.315. The number of thiophene rings is 1. The topological polar surface area (TPSA) is 66.5 Å². The monoisotopic (exact) mass is 328 g/mol. The molecule has 7 heteroatoms. The van der Waals surface area contributed by atoms with Crippen LogP contribution in [0.4, 0.5) is 0 Å².